The highest BCUT2D eigenvalue weighted by Crippen LogP contribution is 2.20. The number of rotatable bonds is 4. The molecule has 2 rings (SSSR count). The summed E-state index contributed by atoms with van der Waals surface area (Å²) in [6.07, 6.45) is 2.80. The molecule has 1 heterocycles. The van der Waals surface area contributed by atoms with Gasteiger partial charge in [0.2, 0.25) is 5.91 Å². The lowest BCUT2D eigenvalue weighted by Crippen LogP contribution is -2.48. The van der Waals surface area contributed by atoms with Gasteiger partial charge in [0.05, 0.1) is 12.6 Å². The van der Waals surface area contributed by atoms with Crippen molar-refractivity contribution in [2.24, 2.45) is 0 Å². The van der Waals surface area contributed by atoms with Crippen LogP contribution in [0.25, 0.3) is 0 Å². The molecule has 0 bridgehead atoms. The first kappa shape index (κ1) is 16.0. The van der Waals surface area contributed by atoms with Crippen LogP contribution in [0.3, 0.4) is 0 Å². The summed E-state index contributed by atoms with van der Waals surface area (Å²) in [5.41, 5.74) is 3.14. The van der Waals surface area contributed by atoms with Crippen molar-refractivity contribution in [2.75, 3.05) is 18.4 Å². The summed E-state index contributed by atoms with van der Waals surface area (Å²) in [6, 6.07) is 6.15. The van der Waals surface area contributed by atoms with Crippen LogP contribution >= 0.6 is 0 Å². The molecule has 1 amide bonds. The fraction of sp³-hybridized carbons (Fsp3) is 0.588. The van der Waals surface area contributed by atoms with Crippen molar-refractivity contribution in [1.29, 1.82) is 0 Å². The number of nitrogens with one attached hydrogen (secondary N) is 1. The molecule has 2 N–H and O–H groups in total. The van der Waals surface area contributed by atoms with Crippen LogP contribution in [0, 0.1) is 13.8 Å². The van der Waals surface area contributed by atoms with Gasteiger partial charge in [0.25, 0.3) is 0 Å². The summed E-state index contributed by atoms with van der Waals surface area (Å²) >= 11 is 0. The third-order valence-corrected chi connectivity index (χ3v) is 4.07. The molecule has 2 atom stereocenters. The number of benzene rings is 1. The summed E-state index contributed by atoms with van der Waals surface area (Å²) in [5.74, 6) is -0.00690. The van der Waals surface area contributed by atoms with Crippen LogP contribution in [-0.2, 0) is 4.79 Å². The highest BCUT2D eigenvalue weighted by Gasteiger charge is 2.27. The van der Waals surface area contributed by atoms with Gasteiger partial charge in [-0.25, -0.2) is 0 Å². The molecule has 1 aliphatic rings. The molecule has 2 unspecified atom stereocenters. The van der Waals surface area contributed by atoms with E-state index in [4.69, 9.17) is 0 Å². The number of likely N-dealkylation sites (tertiary alicyclic amines) is 1. The van der Waals surface area contributed by atoms with E-state index in [1.165, 1.54) is 0 Å². The lowest BCUT2D eigenvalue weighted by Gasteiger charge is -2.36. The first-order valence-electron chi connectivity index (χ1n) is 7.76. The topological polar surface area (TPSA) is 52.6 Å². The SMILES string of the molecule is Cc1cc(C)cc(NC(=O)CN2CCCCC2C(C)O)c1. The normalized spacial score (nSPS) is 21.0. The molecule has 0 radical (unpaired) electrons. The third kappa shape index (κ3) is 4.55. The molecule has 0 spiro atoms. The number of aliphatic hydroxyl groups is 1. The second-order valence-corrected chi connectivity index (χ2v) is 6.20. The van der Waals surface area contributed by atoms with E-state index in [0.29, 0.717) is 6.54 Å². The number of hydrogen-bond donors (Lipinski definition) is 2. The van der Waals surface area contributed by atoms with Gasteiger partial charge in [-0.1, -0.05) is 12.5 Å². The van der Waals surface area contributed by atoms with Crippen molar-refractivity contribution >= 4 is 11.6 Å². The van der Waals surface area contributed by atoms with Crippen molar-refractivity contribution < 1.29 is 9.90 Å². The Hall–Kier alpha value is -1.39. The van der Waals surface area contributed by atoms with Crippen LogP contribution in [0.1, 0.15) is 37.3 Å². The van der Waals surface area contributed by atoms with Gasteiger partial charge in [0.1, 0.15) is 0 Å². The molecule has 1 aromatic rings. The van der Waals surface area contributed by atoms with Crippen LogP contribution in [0.4, 0.5) is 5.69 Å². The van der Waals surface area contributed by atoms with Gasteiger partial charge >= 0.3 is 0 Å². The average Bonchev–Trinajstić information content (AvgIpc) is 2.37. The highest BCUT2D eigenvalue weighted by atomic mass is 16.3. The smallest absolute Gasteiger partial charge is 0.238 e. The number of hydrogen-bond acceptors (Lipinski definition) is 3. The number of amides is 1. The Bertz CT molecular complexity index is 479. The molecule has 0 saturated carbocycles. The second kappa shape index (κ2) is 7.05. The van der Waals surface area contributed by atoms with Gasteiger partial charge in [-0.3, -0.25) is 9.69 Å². The lowest BCUT2D eigenvalue weighted by atomic mass is 9.98. The summed E-state index contributed by atoms with van der Waals surface area (Å²) < 4.78 is 0. The second-order valence-electron chi connectivity index (χ2n) is 6.20. The predicted molar refractivity (Wildman–Crippen MR) is 85.4 cm³/mol. The molecule has 4 heteroatoms. The zero-order valence-corrected chi connectivity index (χ0v) is 13.2. The largest absolute Gasteiger partial charge is 0.392 e. The summed E-state index contributed by atoms with van der Waals surface area (Å²) in [7, 11) is 0. The van der Waals surface area contributed by atoms with E-state index in [9.17, 15) is 9.90 Å². The fourth-order valence-corrected chi connectivity index (χ4v) is 3.19. The monoisotopic (exact) mass is 290 g/mol. The first-order valence-corrected chi connectivity index (χ1v) is 7.76. The van der Waals surface area contributed by atoms with Crippen LogP contribution in [0.2, 0.25) is 0 Å². The minimum absolute atomic E-state index is 0.00690. The number of aliphatic hydroxyl groups excluding tert-OH is 1. The molecule has 1 aromatic carbocycles. The van der Waals surface area contributed by atoms with Crippen LogP contribution in [0.15, 0.2) is 18.2 Å². The van der Waals surface area contributed by atoms with Crippen molar-refractivity contribution in [2.45, 2.75) is 52.2 Å². The number of anilines is 1. The Morgan fingerprint density at radius 1 is 1.33 bits per heavy atom. The Morgan fingerprint density at radius 2 is 2.00 bits per heavy atom. The quantitative estimate of drug-likeness (QED) is 0.895. The Morgan fingerprint density at radius 3 is 2.62 bits per heavy atom. The Kier molecular flexibility index (Phi) is 5.37. The minimum atomic E-state index is -0.390. The predicted octanol–water partition coefficient (Wildman–Crippen LogP) is 2.48. The molecule has 21 heavy (non-hydrogen) atoms. The third-order valence-electron chi connectivity index (χ3n) is 4.07. The van der Waals surface area contributed by atoms with E-state index in [1.54, 1.807) is 0 Å². The van der Waals surface area contributed by atoms with E-state index in [0.717, 1.165) is 42.6 Å². The van der Waals surface area contributed by atoms with E-state index < -0.39 is 0 Å². The Balaban J connectivity index is 1.97. The number of aryl methyl sites for hydroxylation is 2. The maximum atomic E-state index is 12.2. The summed E-state index contributed by atoms with van der Waals surface area (Å²) in [5, 5.41) is 12.8. The average molecular weight is 290 g/mol. The molecule has 4 nitrogen and oxygen atoms in total. The minimum Gasteiger partial charge on any atom is -0.392 e. The maximum absolute atomic E-state index is 12.2. The molecule has 1 aliphatic heterocycles. The standard InChI is InChI=1S/C17H26N2O2/c1-12-8-13(2)10-15(9-12)18-17(21)11-19-7-5-4-6-16(19)14(3)20/h8-10,14,16,20H,4-7,11H2,1-3H3,(H,18,21). The molecular formula is C17H26N2O2. The van der Waals surface area contributed by atoms with Gasteiger partial charge in [0, 0.05) is 11.7 Å². The van der Waals surface area contributed by atoms with Gasteiger partial charge in [0.15, 0.2) is 0 Å². The van der Waals surface area contributed by atoms with E-state index in [1.807, 2.05) is 32.9 Å². The van der Waals surface area contributed by atoms with Gasteiger partial charge in [-0.05, 0) is 63.4 Å². The van der Waals surface area contributed by atoms with E-state index >= 15 is 0 Å². The van der Waals surface area contributed by atoms with E-state index in [-0.39, 0.29) is 18.1 Å². The van der Waals surface area contributed by atoms with Crippen molar-refractivity contribution in [3.05, 3.63) is 29.3 Å². The molecule has 0 aromatic heterocycles. The van der Waals surface area contributed by atoms with Gasteiger partial charge < -0.3 is 10.4 Å². The number of nitrogens with zero attached hydrogens (tertiary/aromatic N) is 1. The molecule has 1 fully saturated rings. The molecular weight excluding hydrogens is 264 g/mol. The molecule has 1 saturated heterocycles. The molecule has 116 valence electrons. The van der Waals surface area contributed by atoms with Gasteiger partial charge in [-0.15, -0.1) is 0 Å². The molecule has 0 aliphatic carbocycles. The lowest BCUT2D eigenvalue weighted by molar-refractivity contribution is -0.118. The number of piperidine rings is 1. The zero-order valence-electron chi connectivity index (χ0n) is 13.2. The van der Waals surface area contributed by atoms with Crippen LogP contribution < -0.4 is 5.32 Å². The Labute approximate surface area is 127 Å². The first-order chi connectivity index (χ1) is 9.95. The summed E-state index contributed by atoms with van der Waals surface area (Å²) in [4.78, 5) is 14.3. The van der Waals surface area contributed by atoms with Crippen molar-refractivity contribution in [3.63, 3.8) is 0 Å². The van der Waals surface area contributed by atoms with Gasteiger partial charge in [-0.2, -0.15) is 0 Å². The number of carbonyl (C=O) groups is 1. The zero-order chi connectivity index (χ0) is 15.4. The van der Waals surface area contributed by atoms with Crippen LogP contribution in [-0.4, -0.2) is 41.1 Å². The van der Waals surface area contributed by atoms with E-state index in [2.05, 4.69) is 16.3 Å². The van der Waals surface area contributed by atoms with Crippen LogP contribution in [0.5, 0.6) is 0 Å². The number of carbonyl (C=O) groups excluding carboxylic acids is 1. The maximum Gasteiger partial charge on any atom is 0.238 e. The van der Waals surface area contributed by atoms with Crippen molar-refractivity contribution in [1.82, 2.24) is 4.90 Å². The summed E-state index contributed by atoms with van der Waals surface area (Å²) in [6.45, 7) is 7.09. The van der Waals surface area contributed by atoms with Crippen molar-refractivity contribution in [3.8, 4) is 0 Å². The fourth-order valence-electron chi connectivity index (χ4n) is 3.19. The highest BCUT2D eigenvalue weighted by molar-refractivity contribution is 5.92.